The molecule has 1 aliphatic rings. The lowest BCUT2D eigenvalue weighted by molar-refractivity contribution is 0.254. The van der Waals surface area contributed by atoms with Crippen molar-refractivity contribution in [3.63, 3.8) is 0 Å². The first-order valence-electron chi connectivity index (χ1n) is 11.6. The van der Waals surface area contributed by atoms with Crippen LogP contribution in [0.15, 0.2) is 35.0 Å². The van der Waals surface area contributed by atoms with Crippen LogP contribution in [0.4, 0.5) is 5.82 Å². The van der Waals surface area contributed by atoms with E-state index in [-0.39, 0.29) is 0 Å². The van der Waals surface area contributed by atoms with Gasteiger partial charge in [0.25, 0.3) is 0 Å². The summed E-state index contributed by atoms with van der Waals surface area (Å²) in [5.74, 6) is 3.84. The monoisotopic (exact) mass is 451 g/mol. The second-order valence-electron chi connectivity index (χ2n) is 8.43. The minimum atomic E-state index is 0.606. The fourth-order valence-corrected chi connectivity index (χ4v) is 4.12. The third-order valence-corrected chi connectivity index (χ3v) is 6.00. The Kier molecular flexibility index (Phi) is 7.78. The summed E-state index contributed by atoms with van der Waals surface area (Å²) in [5.41, 5.74) is 3.02. The Balaban J connectivity index is 1.35. The molecule has 4 rings (SSSR count). The first kappa shape index (κ1) is 23.0. The van der Waals surface area contributed by atoms with Gasteiger partial charge in [-0.15, -0.1) is 0 Å². The van der Waals surface area contributed by atoms with E-state index in [4.69, 9.17) is 14.0 Å². The predicted octanol–water partition coefficient (Wildman–Crippen LogP) is 4.16. The zero-order chi connectivity index (χ0) is 23.0. The van der Waals surface area contributed by atoms with Crippen molar-refractivity contribution in [2.75, 3.05) is 38.7 Å². The first-order chi connectivity index (χ1) is 16.1. The molecule has 0 radical (unpaired) electrons. The van der Waals surface area contributed by atoms with E-state index in [0.29, 0.717) is 19.6 Å². The molecule has 33 heavy (non-hydrogen) atoms. The Morgan fingerprint density at radius 1 is 1.12 bits per heavy atom. The molecule has 176 valence electrons. The first-order valence-corrected chi connectivity index (χ1v) is 11.6. The highest BCUT2D eigenvalue weighted by atomic mass is 16.5. The van der Waals surface area contributed by atoms with Crippen molar-refractivity contribution >= 4 is 5.82 Å². The largest absolute Gasteiger partial charge is 0.493 e. The van der Waals surface area contributed by atoms with Gasteiger partial charge in [-0.2, -0.15) is 0 Å². The Hall–Kier alpha value is -3.13. The van der Waals surface area contributed by atoms with Crippen LogP contribution in [0, 0.1) is 13.8 Å². The summed E-state index contributed by atoms with van der Waals surface area (Å²) < 4.78 is 16.8. The second kappa shape index (κ2) is 11.1. The second-order valence-corrected chi connectivity index (χ2v) is 8.43. The number of likely N-dealkylation sites (tertiary alicyclic amines) is 1. The molecule has 1 aromatic carbocycles. The molecular weight excluding hydrogens is 418 g/mol. The van der Waals surface area contributed by atoms with Crippen LogP contribution in [0.25, 0.3) is 0 Å². The number of benzene rings is 1. The zero-order valence-electron chi connectivity index (χ0n) is 19.8. The molecule has 0 atom stereocenters. The van der Waals surface area contributed by atoms with Gasteiger partial charge in [-0.05, 0) is 70.0 Å². The summed E-state index contributed by atoms with van der Waals surface area (Å²) in [4.78, 5) is 11.6. The van der Waals surface area contributed by atoms with E-state index in [1.54, 1.807) is 13.3 Å². The molecule has 2 aromatic heterocycles. The normalized spacial score (nSPS) is 13.9. The molecule has 1 saturated heterocycles. The van der Waals surface area contributed by atoms with E-state index < -0.39 is 0 Å². The lowest BCUT2D eigenvalue weighted by Crippen LogP contribution is -2.21. The zero-order valence-corrected chi connectivity index (χ0v) is 19.8. The van der Waals surface area contributed by atoms with Crippen LogP contribution in [0.3, 0.4) is 0 Å². The molecule has 1 aliphatic heterocycles. The summed E-state index contributed by atoms with van der Waals surface area (Å²) in [6.45, 7) is 8.65. The number of rotatable bonds is 11. The number of aromatic nitrogens is 3. The quantitative estimate of drug-likeness (QED) is 0.435. The Morgan fingerprint density at radius 3 is 2.73 bits per heavy atom. The molecule has 3 aromatic rings. The van der Waals surface area contributed by atoms with Gasteiger partial charge in [-0.25, -0.2) is 9.97 Å². The molecule has 0 saturated carbocycles. The minimum Gasteiger partial charge on any atom is -0.493 e. The van der Waals surface area contributed by atoms with E-state index in [9.17, 15) is 0 Å². The van der Waals surface area contributed by atoms with Crippen molar-refractivity contribution in [2.24, 2.45) is 0 Å². The molecule has 0 amide bonds. The number of hydrogen-bond acceptors (Lipinski definition) is 8. The number of nitrogens with one attached hydrogen (secondary N) is 1. The number of nitrogens with zero attached hydrogens (tertiary/aromatic N) is 4. The maximum absolute atomic E-state index is 6.07. The fourth-order valence-electron chi connectivity index (χ4n) is 4.12. The molecule has 0 bridgehead atoms. The summed E-state index contributed by atoms with van der Waals surface area (Å²) in [6, 6.07) is 7.88. The summed E-state index contributed by atoms with van der Waals surface area (Å²) >= 11 is 0. The third-order valence-electron chi connectivity index (χ3n) is 6.00. The third kappa shape index (κ3) is 6.22. The topological polar surface area (TPSA) is 85.5 Å². The summed E-state index contributed by atoms with van der Waals surface area (Å²) in [6.07, 6.45) is 6.02. The van der Waals surface area contributed by atoms with E-state index in [0.717, 1.165) is 58.7 Å². The molecule has 0 spiro atoms. The SMILES string of the molecule is COc1ccc(Cc2nccc(NCc3c(C)noc3C)n2)cc1OCCCN1CCCC1. The van der Waals surface area contributed by atoms with Gasteiger partial charge in [0.15, 0.2) is 11.5 Å². The van der Waals surface area contributed by atoms with E-state index in [1.807, 2.05) is 38.1 Å². The molecule has 1 N–H and O–H groups in total. The standard InChI is InChI=1S/C25H33N5O3/c1-18-21(19(2)33-29-18)17-27-24-9-10-26-25(28-24)16-20-7-8-22(31-3)23(15-20)32-14-6-13-30-11-4-5-12-30/h7-10,15H,4-6,11-14,16-17H2,1-3H3,(H,26,27,28). The van der Waals surface area contributed by atoms with Crippen molar-refractivity contribution in [3.05, 3.63) is 58.9 Å². The molecule has 0 aliphatic carbocycles. The van der Waals surface area contributed by atoms with Crippen LogP contribution in [-0.4, -0.2) is 53.4 Å². The van der Waals surface area contributed by atoms with Gasteiger partial charge in [0.2, 0.25) is 0 Å². The predicted molar refractivity (Wildman–Crippen MR) is 127 cm³/mol. The number of hydrogen-bond donors (Lipinski definition) is 1. The van der Waals surface area contributed by atoms with Gasteiger partial charge in [0.05, 0.1) is 19.4 Å². The highest BCUT2D eigenvalue weighted by molar-refractivity contribution is 5.44. The summed E-state index contributed by atoms with van der Waals surface area (Å²) in [7, 11) is 1.67. The number of methoxy groups -OCH3 is 1. The Labute approximate surface area is 195 Å². The number of anilines is 1. The lowest BCUT2D eigenvalue weighted by Gasteiger charge is -2.16. The van der Waals surface area contributed by atoms with Crippen LogP contribution < -0.4 is 14.8 Å². The van der Waals surface area contributed by atoms with Crippen LogP contribution in [0.2, 0.25) is 0 Å². The molecule has 8 heteroatoms. The van der Waals surface area contributed by atoms with Crippen LogP contribution in [0.5, 0.6) is 11.5 Å². The maximum atomic E-state index is 6.07. The number of ether oxygens (including phenoxy) is 2. The van der Waals surface area contributed by atoms with Gasteiger partial charge in [0, 0.05) is 31.3 Å². The molecule has 3 heterocycles. The average molecular weight is 452 g/mol. The fraction of sp³-hybridized carbons (Fsp3) is 0.480. The van der Waals surface area contributed by atoms with Crippen molar-refractivity contribution in [1.29, 1.82) is 0 Å². The molecule has 8 nitrogen and oxygen atoms in total. The van der Waals surface area contributed by atoms with E-state index in [1.165, 1.54) is 25.9 Å². The summed E-state index contributed by atoms with van der Waals surface area (Å²) in [5, 5.41) is 7.34. The van der Waals surface area contributed by atoms with Crippen molar-refractivity contribution < 1.29 is 14.0 Å². The maximum Gasteiger partial charge on any atom is 0.161 e. The Morgan fingerprint density at radius 2 is 1.97 bits per heavy atom. The average Bonchev–Trinajstić information content (AvgIpc) is 3.45. The van der Waals surface area contributed by atoms with Crippen molar-refractivity contribution in [2.45, 2.75) is 46.1 Å². The van der Waals surface area contributed by atoms with Gasteiger partial charge >= 0.3 is 0 Å². The van der Waals surface area contributed by atoms with Crippen LogP contribution >= 0.6 is 0 Å². The molecular formula is C25H33N5O3. The van der Waals surface area contributed by atoms with E-state index in [2.05, 4.69) is 25.3 Å². The highest BCUT2D eigenvalue weighted by Gasteiger charge is 2.12. The van der Waals surface area contributed by atoms with Crippen LogP contribution in [-0.2, 0) is 13.0 Å². The van der Waals surface area contributed by atoms with Gasteiger partial charge < -0.3 is 24.2 Å². The molecule has 0 unspecified atom stereocenters. The smallest absolute Gasteiger partial charge is 0.161 e. The van der Waals surface area contributed by atoms with Gasteiger partial charge in [-0.1, -0.05) is 11.2 Å². The lowest BCUT2D eigenvalue weighted by atomic mass is 10.1. The minimum absolute atomic E-state index is 0.606. The van der Waals surface area contributed by atoms with Gasteiger partial charge in [0.1, 0.15) is 17.4 Å². The van der Waals surface area contributed by atoms with Gasteiger partial charge in [-0.3, -0.25) is 0 Å². The number of aryl methyl sites for hydroxylation is 2. The van der Waals surface area contributed by atoms with Crippen molar-refractivity contribution in [1.82, 2.24) is 20.0 Å². The van der Waals surface area contributed by atoms with Crippen molar-refractivity contribution in [3.8, 4) is 11.5 Å². The van der Waals surface area contributed by atoms with Crippen LogP contribution in [0.1, 0.15) is 47.7 Å². The van der Waals surface area contributed by atoms with E-state index >= 15 is 0 Å². The molecule has 1 fully saturated rings. The Bertz CT molecular complexity index is 1030. The highest BCUT2D eigenvalue weighted by Crippen LogP contribution is 2.29.